The van der Waals surface area contributed by atoms with E-state index in [1.807, 2.05) is 6.92 Å². The van der Waals surface area contributed by atoms with Crippen LogP contribution in [-0.2, 0) is 4.79 Å². The van der Waals surface area contributed by atoms with Crippen LogP contribution in [0.3, 0.4) is 0 Å². The Labute approximate surface area is 163 Å². The third-order valence-electron chi connectivity index (χ3n) is 4.00. The molecule has 0 bridgehead atoms. The van der Waals surface area contributed by atoms with E-state index in [0.29, 0.717) is 32.1 Å². The van der Waals surface area contributed by atoms with Crippen LogP contribution in [0.4, 0.5) is 0 Å². The quantitative estimate of drug-likeness (QED) is 0.160. The Morgan fingerprint density at radius 1 is 0.750 bits per heavy atom. The third kappa shape index (κ3) is 11.7. The average Bonchev–Trinajstić information content (AvgIpc) is 2.63. The summed E-state index contributed by atoms with van der Waals surface area (Å²) in [5.41, 5.74) is -0.372. The van der Waals surface area contributed by atoms with E-state index >= 15 is 0 Å². The van der Waals surface area contributed by atoms with Crippen molar-refractivity contribution in [1.82, 2.24) is 0 Å². The molecule has 0 spiro atoms. The van der Waals surface area contributed by atoms with Crippen LogP contribution in [0.1, 0.15) is 71.1 Å². The van der Waals surface area contributed by atoms with Gasteiger partial charge in [-0.15, -0.1) is 0 Å². The van der Waals surface area contributed by atoms with Gasteiger partial charge in [0.2, 0.25) is 17.1 Å². The van der Waals surface area contributed by atoms with Crippen molar-refractivity contribution in [3.63, 3.8) is 0 Å². The molecule has 0 amide bonds. The molecule has 10 heteroatoms. The standard InChI is InChI=1S/C18H27N3O7/c1-2-3-5-9-16(19(23)24)11-8-12-18(21(27)28)14-13-17(20(25)26)10-6-4-7-15-22/h11-13,15H,2-10,14H2,1H3/b16-11+,17-13+,18-12+. The Kier molecular flexibility index (Phi) is 13.6. The lowest BCUT2D eigenvalue weighted by molar-refractivity contribution is -0.432. The zero-order valence-corrected chi connectivity index (χ0v) is 16.1. The molecule has 0 unspecified atom stereocenters. The monoisotopic (exact) mass is 397 g/mol. The first-order valence-electron chi connectivity index (χ1n) is 9.27. The molecule has 0 radical (unpaired) electrons. The Bertz CT molecular complexity index is 639. The number of allylic oxidation sites excluding steroid dienone is 5. The lowest BCUT2D eigenvalue weighted by Gasteiger charge is -1.99. The highest BCUT2D eigenvalue weighted by Gasteiger charge is 2.15. The summed E-state index contributed by atoms with van der Waals surface area (Å²) in [5, 5.41) is 33.2. The number of nitro groups is 3. The summed E-state index contributed by atoms with van der Waals surface area (Å²) >= 11 is 0. The smallest absolute Gasteiger partial charge is 0.246 e. The van der Waals surface area contributed by atoms with Crippen molar-refractivity contribution in [3.05, 3.63) is 65.7 Å². The molecule has 0 rings (SSSR count). The number of nitrogens with zero attached hydrogens (tertiary/aromatic N) is 3. The van der Waals surface area contributed by atoms with E-state index in [2.05, 4.69) is 0 Å². The largest absolute Gasteiger partial charge is 0.303 e. The van der Waals surface area contributed by atoms with Gasteiger partial charge in [0.15, 0.2) is 0 Å². The fraction of sp³-hybridized carbons (Fsp3) is 0.611. The lowest BCUT2D eigenvalue weighted by atomic mass is 10.1. The van der Waals surface area contributed by atoms with Crippen LogP contribution in [0.15, 0.2) is 35.3 Å². The predicted molar refractivity (Wildman–Crippen MR) is 103 cm³/mol. The van der Waals surface area contributed by atoms with Crippen LogP contribution in [0.2, 0.25) is 0 Å². The summed E-state index contributed by atoms with van der Waals surface area (Å²) in [4.78, 5) is 41.8. The molecule has 0 aromatic rings. The van der Waals surface area contributed by atoms with Gasteiger partial charge in [0.05, 0.1) is 21.2 Å². The summed E-state index contributed by atoms with van der Waals surface area (Å²) in [6.45, 7) is 1.98. The third-order valence-corrected chi connectivity index (χ3v) is 4.00. The van der Waals surface area contributed by atoms with Gasteiger partial charge in [0, 0.05) is 19.3 Å². The van der Waals surface area contributed by atoms with Gasteiger partial charge >= 0.3 is 0 Å². The van der Waals surface area contributed by atoms with E-state index in [1.54, 1.807) is 0 Å². The average molecular weight is 397 g/mol. The summed E-state index contributed by atoms with van der Waals surface area (Å²) in [6, 6.07) is 0. The van der Waals surface area contributed by atoms with E-state index in [4.69, 9.17) is 0 Å². The van der Waals surface area contributed by atoms with Gasteiger partial charge in [-0.25, -0.2) is 0 Å². The maximum absolute atomic E-state index is 11.1. The molecule has 0 aromatic carbocycles. The second kappa shape index (κ2) is 15.2. The molecule has 0 atom stereocenters. The SMILES string of the molecule is CCCCC/C(=C\C/C=C(\C/C=C(\CCCCC=O)[N+](=O)[O-])[N+](=O)[O-])[N+](=O)[O-]. The van der Waals surface area contributed by atoms with Crippen molar-refractivity contribution in [1.29, 1.82) is 0 Å². The topological polar surface area (TPSA) is 146 Å². The van der Waals surface area contributed by atoms with Crippen molar-refractivity contribution >= 4 is 6.29 Å². The summed E-state index contributed by atoms with van der Waals surface area (Å²) in [7, 11) is 0. The van der Waals surface area contributed by atoms with Gasteiger partial charge in [-0.3, -0.25) is 30.3 Å². The minimum Gasteiger partial charge on any atom is -0.303 e. The second-order valence-electron chi connectivity index (χ2n) is 6.17. The van der Waals surface area contributed by atoms with Gasteiger partial charge in [0.1, 0.15) is 6.29 Å². The van der Waals surface area contributed by atoms with Crippen LogP contribution in [0.5, 0.6) is 0 Å². The normalized spacial score (nSPS) is 12.7. The van der Waals surface area contributed by atoms with Crippen LogP contribution in [0, 0.1) is 30.3 Å². The molecule has 156 valence electrons. The molecular weight excluding hydrogens is 370 g/mol. The fourth-order valence-electron chi connectivity index (χ4n) is 2.41. The lowest BCUT2D eigenvalue weighted by Crippen LogP contribution is -2.02. The summed E-state index contributed by atoms with van der Waals surface area (Å²) in [6.07, 6.45) is 8.43. The van der Waals surface area contributed by atoms with Crippen molar-refractivity contribution in [3.8, 4) is 0 Å². The Morgan fingerprint density at radius 3 is 1.75 bits per heavy atom. The van der Waals surface area contributed by atoms with E-state index in [0.717, 1.165) is 19.1 Å². The molecule has 28 heavy (non-hydrogen) atoms. The zero-order valence-electron chi connectivity index (χ0n) is 16.1. The number of hydrogen-bond donors (Lipinski definition) is 0. The maximum atomic E-state index is 11.1. The number of hydrogen-bond acceptors (Lipinski definition) is 7. The highest BCUT2D eigenvalue weighted by molar-refractivity contribution is 5.48. The zero-order chi connectivity index (χ0) is 21.4. The molecule has 0 aliphatic heterocycles. The van der Waals surface area contributed by atoms with E-state index in [-0.39, 0.29) is 36.4 Å². The molecule has 0 saturated heterocycles. The second-order valence-corrected chi connectivity index (χ2v) is 6.17. The number of unbranched alkanes of at least 4 members (excludes halogenated alkanes) is 4. The molecule has 0 aromatic heterocycles. The van der Waals surface area contributed by atoms with Crippen molar-refractivity contribution < 1.29 is 19.6 Å². The first-order chi connectivity index (χ1) is 13.3. The fourth-order valence-corrected chi connectivity index (χ4v) is 2.41. The van der Waals surface area contributed by atoms with E-state index in [1.165, 1.54) is 18.2 Å². The maximum Gasteiger partial charge on any atom is 0.246 e. The minimum absolute atomic E-state index is 0.0136. The van der Waals surface area contributed by atoms with Gasteiger partial charge in [-0.2, -0.15) is 0 Å². The summed E-state index contributed by atoms with van der Waals surface area (Å²) in [5.74, 6) is 0. The molecule has 0 saturated carbocycles. The van der Waals surface area contributed by atoms with Crippen molar-refractivity contribution in [2.24, 2.45) is 0 Å². The van der Waals surface area contributed by atoms with Gasteiger partial charge in [-0.05, 0) is 43.9 Å². The first kappa shape index (κ1) is 25.1. The highest BCUT2D eigenvalue weighted by Crippen LogP contribution is 2.15. The van der Waals surface area contributed by atoms with Crippen molar-refractivity contribution in [2.75, 3.05) is 0 Å². The van der Waals surface area contributed by atoms with Crippen LogP contribution in [0.25, 0.3) is 0 Å². The van der Waals surface area contributed by atoms with Crippen LogP contribution >= 0.6 is 0 Å². The van der Waals surface area contributed by atoms with Gasteiger partial charge in [-0.1, -0.05) is 19.8 Å². The first-order valence-corrected chi connectivity index (χ1v) is 9.27. The molecule has 0 heterocycles. The number of carbonyl (C=O) groups is 1. The minimum atomic E-state index is -0.642. The highest BCUT2D eigenvalue weighted by atomic mass is 16.6. The van der Waals surface area contributed by atoms with Crippen LogP contribution < -0.4 is 0 Å². The number of aldehydes is 1. The Balaban J connectivity index is 5.04. The summed E-state index contributed by atoms with van der Waals surface area (Å²) < 4.78 is 0. The molecule has 10 nitrogen and oxygen atoms in total. The van der Waals surface area contributed by atoms with Crippen molar-refractivity contribution in [2.45, 2.75) is 71.1 Å². The predicted octanol–water partition coefficient (Wildman–Crippen LogP) is 4.59. The van der Waals surface area contributed by atoms with E-state index in [9.17, 15) is 35.1 Å². The molecule has 0 aliphatic carbocycles. The van der Waals surface area contributed by atoms with E-state index < -0.39 is 14.8 Å². The number of carbonyl (C=O) groups excluding carboxylic acids is 1. The number of rotatable bonds is 16. The van der Waals surface area contributed by atoms with Gasteiger partial charge in [0.25, 0.3) is 0 Å². The molecule has 0 fully saturated rings. The molecular formula is C18H27N3O7. The molecule has 0 N–H and O–H groups in total. The van der Waals surface area contributed by atoms with Crippen LogP contribution in [-0.4, -0.2) is 21.1 Å². The van der Waals surface area contributed by atoms with Gasteiger partial charge < -0.3 is 4.79 Å². The Morgan fingerprint density at radius 2 is 1.25 bits per heavy atom. The Hall–Kier alpha value is -2.91. The molecule has 0 aliphatic rings.